The number of pyridine rings is 1. The van der Waals surface area contributed by atoms with E-state index in [9.17, 15) is 21.6 Å². The molecule has 0 amide bonds. The summed E-state index contributed by atoms with van der Waals surface area (Å²) in [7, 11) is -1.69. The normalized spacial score (nSPS) is 11.9. The molecule has 0 spiro atoms. The van der Waals surface area contributed by atoms with Gasteiger partial charge in [0.15, 0.2) is 28.8 Å². The molecule has 0 radical (unpaired) electrons. The monoisotopic (exact) mass is 538 g/mol. The van der Waals surface area contributed by atoms with Gasteiger partial charge in [0.25, 0.3) is 0 Å². The predicted octanol–water partition coefficient (Wildman–Crippen LogP) is 5.40. The quantitative estimate of drug-likeness (QED) is 0.314. The second-order valence-corrected chi connectivity index (χ2v) is 9.04. The SMILES string of the molecule is COc1cc2nccc(Oc3ccc(-c4cccc(S(N)(=O)=O)c4OC(F)(F)F)cc3F)c2cc1OC. The zero-order valence-electron chi connectivity index (χ0n) is 19.2. The first kappa shape index (κ1) is 26.0. The first-order valence-corrected chi connectivity index (χ1v) is 11.9. The molecule has 2 N–H and O–H groups in total. The van der Waals surface area contributed by atoms with E-state index in [-0.39, 0.29) is 22.6 Å². The van der Waals surface area contributed by atoms with Crippen molar-refractivity contribution in [3.8, 4) is 39.9 Å². The highest BCUT2D eigenvalue weighted by Gasteiger charge is 2.35. The largest absolute Gasteiger partial charge is 0.573 e. The van der Waals surface area contributed by atoms with Crippen LogP contribution in [0.4, 0.5) is 17.6 Å². The average Bonchev–Trinajstić information content (AvgIpc) is 2.83. The molecule has 0 fully saturated rings. The van der Waals surface area contributed by atoms with Crippen molar-refractivity contribution in [2.45, 2.75) is 11.3 Å². The van der Waals surface area contributed by atoms with E-state index in [0.717, 1.165) is 24.3 Å². The maximum atomic E-state index is 15.1. The van der Waals surface area contributed by atoms with Crippen molar-refractivity contribution in [2.24, 2.45) is 5.14 Å². The third kappa shape index (κ3) is 5.52. The lowest BCUT2D eigenvalue weighted by Gasteiger charge is -2.17. The van der Waals surface area contributed by atoms with Crippen LogP contribution >= 0.6 is 0 Å². The number of rotatable bonds is 7. The minimum atomic E-state index is -5.23. The van der Waals surface area contributed by atoms with Gasteiger partial charge in [0.1, 0.15) is 10.6 Å². The molecular weight excluding hydrogens is 520 g/mol. The molecule has 37 heavy (non-hydrogen) atoms. The number of fused-ring (bicyclic) bond motifs is 1. The van der Waals surface area contributed by atoms with Crippen molar-refractivity contribution < 1.29 is 44.9 Å². The maximum absolute atomic E-state index is 15.1. The second-order valence-electron chi connectivity index (χ2n) is 7.51. The molecule has 0 saturated carbocycles. The van der Waals surface area contributed by atoms with Crippen molar-refractivity contribution in [3.63, 3.8) is 0 Å². The lowest BCUT2D eigenvalue weighted by molar-refractivity contribution is -0.275. The molecule has 4 aromatic rings. The third-order valence-electron chi connectivity index (χ3n) is 5.17. The topological polar surface area (TPSA) is 110 Å². The second kappa shape index (κ2) is 9.75. The number of halogens is 4. The fraction of sp³-hybridized carbons (Fsp3) is 0.125. The molecule has 8 nitrogen and oxygen atoms in total. The van der Waals surface area contributed by atoms with E-state index in [1.54, 1.807) is 12.1 Å². The number of alkyl halides is 3. The highest BCUT2D eigenvalue weighted by atomic mass is 32.2. The highest BCUT2D eigenvalue weighted by Crippen LogP contribution is 2.41. The van der Waals surface area contributed by atoms with Crippen molar-refractivity contribution in [2.75, 3.05) is 14.2 Å². The number of nitrogens with two attached hydrogens (primary N) is 1. The minimum Gasteiger partial charge on any atom is -0.493 e. The molecule has 1 heterocycles. The zero-order valence-corrected chi connectivity index (χ0v) is 20.0. The number of hydrogen-bond acceptors (Lipinski definition) is 7. The fourth-order valence-corrected chi connectivity index (χ4v) is 4.27. The van der Waals surface area contributed by atoms with E-state index >= 15 is 4.39 Å². The third-order valence-corrected chi connectivity index (χ3v) is 6.11. The molecule has 0 unspecified atom stereocenters. The first-order chi connectivity index (χ1) is 17.4. The molecular formula is C24H18F4N2O6S. The zero-order chi connectivity index (χ0) is 27.0. The summed E-state index contributed by atoms with van der Waals surface area (Å²) in [6, 6.07) is 11.2. The van der Waals surface area contributed by atoms with Gasteiger partial charge in [0.05, 0.1) is 19.7 Å². The molecule has 1 aromatic heterocycles. The van der Waals surface area contributed by atoms with Gasteiger partial charge in [0.2, 0.25) is 10.0 Å². The Morgan fingerprint density at radius 2 is 1.59 bits per heavy atom. The van der Waals surface area contributed by atoms with Gasteiger partial charge < -0.3 is 18.9 Å². The Balaban J connectivity index is 1.77. The predicted molar refractivity (Wildman–Crippen MR) is 125 cm³/mol. The van der Waals surface area contributed by atoms with Crippen LogP contribution in [0.5, 0.6) is 28.7 Å². The van der Waals surface area contributed by atoms with Gasteiger partial charge in [-0.2, -0.15) is 0 Å². The smallest absolute Gasteiger partial charge is 0.493 e. The Bertz CT molecular complexity index is 1590. The van der Waals surface area contributed by atoms with E-state index < -0.39 is 32.8 Å². The molecule has 0 saturated heterocycles. The molecule has 0 aliphatic rings. The molecule has 0 atom stereocenters. The summed E-state index contributed by atoms with van der Waals surface area (Å²) in [6.45, 7) is 0. The average molecular weight is 538 g/mol. The van der Waals surface area contributed by atoms with Gasteiger partial charge in [0, 0.05) is 23.2 Å². The number of primary sulfonamides is 1. The van der Waals surface area contributed by atoms with Crippen LogP contribution in [0.15, 0.2) is 65.7 Å². The maximum Gasteiger partial charge on any atom is 0.573 e. The summed E-state index contributed by atoms with van der Waals surface area (Å²) in [5, 5.41) is 5.53. The molecule has 194 valence electrons. The number of nitrogens with zero attached hydrogens (tertiary/aromatic N) is 1. The molecule has 4 rings (SSSR count). The summed E-state index contributed by atoms with van der Waals surface area (Å²) in [4.78, 5) is 3.33. The molecule has 0 aliphatic heterocycles. The van der Waals surface area contributed by atoms with E-state index in [2.05, 4.69) is 9.72 Å². The van der Waals surface area contributed by atoms with Crippen LogP contribution in [0.3, 0.4) is 0 Å². The fourth-order valence-electron chi connectivity index (χ4n) is 3.59. The number of sulfonamides is 1. The van der Waals surface area contributed by atoms with E-state index in [1.807, 2.05) is 0 Å². The van der Waals surface area contributed by atoms with Gasteiger partial charge in [-0.15, -0.1) is 13.2 Å². The van der Waals surface area contributed by atoms with Crippen molar-refractivity contribution >= 4 is 20.9 Å². The van der Waals surface area contributed by atoms with Gasteiger partial charge in [-0.1, -0.05) is 18.2 Å². The molecule has 13 heteroatoms. The molecule has 3 aromatic carbocycles. The summed E-state index contributed by atoms with van der Waals surface area (Å²) < 4.78 is 98.2. The van der Waals surface area contributed by atoms with E-state index in [0.29, 0.717) is 22.4 Å². The number of ether oxygens (including phenoxy) is 4. The van der Waals surface area contributed by atoms with Gasteiger partial charge in [-0.3, -0.25) is 4.98 Å². The van der Waals surface area contributed by atoms with Crippen molar-refractivity contribution in [1.82, 2.24) is 4.98 Å². The van der Waals surface area contributed by atoms with Gasteiger partial charge in [-0.25, -0.2) is 17.9 Å². The van der Waals surface area contributed by atoms with Crippen LogP contribution in [0, 0.1) is 5.82 Å². The highest BCUT2D eigenvalue weighted by molar-refractivity contribution is 7.89. The van der Waals surface area contributed by atoms with Crippen molar-refractivity contribution in [3.05, 3.63) is 66.6 Å². The number of para-hydroxylation sites is 1. The number of aromatic nitrogens is 1. The first-order valence-electron chi connectivity index (χ1n) is 10.3. The van der Waals surface area contributed by atoms with E-state index in [4.69, 9.17) is 19.3 Å². The van der Waals surface area contributed by atoms with Gasteiger partial charge in [-0.05, 0) is 35.9 Å². The lowest BCUT2D eigenvalue weighted by atomic mass is 10.0. The summed E-state index contributed by atoms with van der Waals surface area (Å²) in [5.41, 5.74) is 0.0158. The molecule has 0 aliphatic carbocycles. The van der Waals surface area contributed by atoms with Crippen LogP contribution in [-0.4, -0.2) is 34.0 Å². The molecule has 0 bridgehead atoms. The van der Waals surface area contributed by atoms with Crippen LogP contribution < -0.4 is 24.1 Å². The van der Waals surface area contributed by atoms with Crippen LogP contribution in [-0.2, 0) is 10.0 Å². The Hall–Kier alpha value is -4.10. The standard InChI is InChI=1S/C24H18F4N2O6S/c1-33-20-11-15-17(12-21(20)34-2)30-9-8-18(15)35-19-7-6-13(10-16(19)25)14-4-3-5-22(37(29,31)32)23(14)36-24(26,27)28/h3-12H,1-2H3,(H2,29,31,32). The summed E-state index contributed by atoms with van der Waals surface area (Å²) in [5.74, 6) is -1.25. The summed E-state index contributed by atoms with van der Waals surface area (Å²) >= 11 is 0. The lowest BCUT2D eigenvalue weighted by Crippen LogP contribution is -2.21. The number of methoxy groups -OCH3 is 2. The van der Waals surface area contributed by atoms with E-state index in [1.165, 1.54) is 38.6 Å². The minimum absolute atomic E-state index is 0.111. The Labute approximate surface area is 208 Å². The van der Waals surface area contributed by atoms with Crippen LogP contribution in [0.2, 0.25) is 0 Å². The van der Waals surface area contributed by atoms with Gasteiger partial charge >= 0.3 is 6.36 Å². The Morgan fingerprint density at radius 3 is 2.22 bits per heavy atom. The van der Waals surface area contributed by atoms with Crippen molar-refractivity contribution in [1.29, 1.82) is 0 Å². The van der Waals surface area contributed by atoms with Crippen LogP contribution in [0.25, 0.3) is 22.0 Å². The summed E-state index contributed by atoms with van der Waals surface area (Å²) in [6.07, 6.45) is -3.79. The Kier molecular flexibility index (Phi) is 6.84. The number of benzene rings is 3. The van der Waals surface area contributed by atoms with Crippen LogP contribution in [0.1, 0.15) is 0 Å². The number of hydrogen-bond donors (Lipinski definition) is 1. The Morgan fingerprint density at radius 1 is 0.892 bits per heavy atom.